The number of rotatable bonds is 6. The van der Waals surface area contributed by atoms with Gasteiger partial charge in [0.05, 0.1) is 29.4 Å². The zero-order valence-corrected chi connectivity index (χ0v) is 14.6. The van der Waals surface area contributed by atoms with Gasteiger partial charge in [-0.15, -0.1) is 0 Å². The first-order chi connectivity index (χ1) is 11.9. The molecular formula is C16H13BrN2O6. The summed E-state index contributed by atoms with van der Waals surface area (Å²) in [7, 11) is 1.32. The van der Waals surface area contributed by atoms with Crippen molar-refractivity contribution in [2.45, 2.75) is 0 Å². The number of esters is 1. The van der Waals surface area contributed by atoms with Crippen LogP contribution in [-0.2, 0) is 9.53 Å². The van der Waals surface area contributed by atoms with Crippen LogP contribution in [0, 0.1) is 10.1 Å². The maximum atomic E-state index is 11.9. The van der Waals surface area contributed by atoms with Crippen molar-refractivity contribution in [1.82, 2.24) is 0 Å². The highest BCUT2D eigenvalue weighted by atomic mass is 79.9. The van der Waals surface area contributed by atoms with Gasteiger partial charge >= 0.3 is 5.97 Å². The number of nitrogens with zero attached hydrogens (tertiary/aromatic N) is 1. The first-order valence-electron chi connectivity index (χ1n) is 6.95. The second-order valence-corrected chi connectivity index (χ2v) is 5.69. The van der Waals surface area contributed by atoms with Crippen LogP contribution in [0.3, 0.4) is 0 Å². The Kier molecular flexibility index (Phi) is 6.07. The van der Waals surface area contributed by atoms with Crippen molar-refractivity contribution < 1.29 is 24.0 Å². The van der Waals surface area contributed by atoms with E-state index < -0.39 is 23.4 Å². The Morgan fingerprint density at radius 2 is 1.88 bits per heavy atom. The van der Waals surface area contributed by atoms with Gasteiger partial charge in [0.15, 0.2) is 6.61 Å². The van der Waals surface area contributed by atoms with E-state index in [0.717, 1.165) is 4.47 Å². The molecule has 25 heavy (non-hydrogen) atoms. The lowest BCUT2D eigenvalue weighted by molar-refractivity contribution is -0.384. The summed E-state index contributed by atoms with van der Waals surface area (Å²) in [4.78, 5) is 33.9. The summed E-state index contributed by atoms with van der Waals surface area (Å²) in [5.41, 5.74) is 0.373. The van der Waals surface area contributed by atoms with Gasteiger partial charge in [0.2, 0.25) is 0 Å². The fourth-order valence-corrected chi connectivity index (χ4v) is 2.15. The summed E-state index contributed by atoms with van der Waals surface area (Å²) in [5, 5.41) is 13.2. The summed E-state index contributed by atoms with van der Waals surface area (Å²) in [6, 6.07) is 10.2. The van der Waals surface area contributed by atoms with Crippen LogP contribution in [0.5, 0.6) is 5.75 Å². The lowest BCUT2D eigenvalue weighted by atomic mass is 10.2. The molecule has 0 saturated heterocycles. The van der Waals surface area contributed by atoms with Gasteiger partial charge < -0.3 is 14.8 Å². The fourth-order valence-electron chi connectivity index (χ4n) is 1.88. The third kappa shape index (κ3) is 5.01. The van der Waals surface area contributed by atoms with E-state index in [1.165, 1.54) is 25.3 Å². The van der Waals surface area contributed by atoms with E-state index in [0.29, 0.717) is 5.56 Å². The third-order valence-electron chi connectivity index (χ3n) is 3.08. The number of non-ortho nitro benzene ring substituents is 1. The van der Waals surface area contributed by atoms with Crippen molar-refractivity contribution in [1.29, 1.82) is 0 Å². The molecule has 8 nitrogen and oxygen atoms in total. The highest BCUT2D eigenvalue weighted by Crippen LogP contribution is 2.28. The average molecular weight is 409 g/mol. The number of nitro benzene ring substituents is 1. The van der Waals surface area contributed by atoms with Crippen LogP contribution in [0.15, 0.2) is 46.9 Å². The number of nitrogens with one attached hydrogen (secondary N) is 1. The van der Waals surface area contributed by atoms with Gasteiger partial charge in [-0.2, -0.15) is 0 Å². The van der Waals surface area contributed by atoms with Crippen molar-refractivity contribution in [2.75, 3.05) is 19.0 Å². The molecule has 0 spiro atoms. The molecule has 130 valence electrons. The number of hydrogen-bond donors (Lipinski definition) is 1. The van der Waals surface area contributed by atoms with E-state index in [9.17, 15) is 19.7 Å². The highest BCUT2D eigenvalue weighted by Gasteiger charge is 2.15. The van der Waals surface area contributed by atoms with Crippen LogP contribution in [0.4, 0.5) is 11.4 Å². The third-order valence-corrected chi connectivity index (χ3v) is 3.61. The number of carbonyl (C=O) groups excluding carboxylic acids is 2. The zero-order chi connectivity index (χ0) is 18.4. The van der Waals surface area contributed by atoms with Gasteiger partial charge in [-0.3, -0.25) is 14.9 Å². The van der Waals surface area contributed by atoms with Gasteiger partial charge in [-0.25, -0.2) is 4.79 Å². The molecule has 0 saturated carbocycles. The van der Waals surface area contributed by atoms with Gasteiger partial charge in [0.25, 0.3) is 11.6 Å². The Morgan fingerprint density at radius 3 is 2.48 bits per heavy atom. The molecule has 2 aromatic rings. The molecule has 0 heterocycles. The maximum absolute atomic E-state index is 11.9. The largest absolute Gasteiger partial charge is 0.494 e. The molecule has 1 amide bonds. The topological polar surface area (TPSA) is 108 Å². The van der Waals surface area contributed by atoms with E-state index >= 15 is 0 Å². The zero-order valence-electron chi connectivity index (χ0n) is 13.0. The van der Waals surface area contributed by atoms with Gasteiger partial charge in [0.1, 0.15) is 5.75 Å². The van der Waals surface area contributed by atoms with Gasteiger partial charge in [0, 0.05) is 10.5 Å². The number of methoxy groups -OCH3 is 1. The molecule has 0 fully saturated rings. The minimum absolute atomic E-state index is 0.127. The number of halogens is 1. The molecule has 0 aliphatic rings. The van der Waals surface area contributed by atoms with Crippen LogP contribution in [0.25, 0.3) is 0 Å². The smallest absolute Gasteiger partial charge is 0.338 e. The Bertz CT molecular complexity index is 807. The van der Waals surface area contributed by atoms with Gasteiger partial charge in [-0.05, 0) is 30.3 Å². The summed E-state index contributed by atoms with van der Waals surface area (Å²) < 4.78 is 10.7. The Morgan fingerprint density at radius 1 is 1.20 bits per heavy atom. The molecule has 2 rings (SSSR count). The van der Waals surface area contributed by atoms with E-state index in [-0.39, 0.29) is 17.1 Å². The van der Waals surface area contributed by atoms with Crippen molar-refractivity contribution >= 4 is 39.2 Å². The SMILES string of the molecule is COc1cc([N+](=O)[O-])ccc1NC(=O)COC(=O)c1ccc(Br)cc1. The number of amides is 1. The number of benzene rings is 2. The van der Waals surface area contributed by atoms with Crippen LogP contribution in [0.2, 0.25) is 0 Å². The lowest BCUT2D eigenvalue weighted by Crippen LogP contribution is -2.21. The molecule has 0 aliphatic heterocycles. The Balaban J connectivity index is 1.97. The number of ether oxygens (including phenoxy) is 2. The fraction of sp³-hybridized carbons (Fsp3) is 0.125. The predicted molar refractivity (Wildman–Crippen MR) is 92.7 cm³/mol. The minimum atomic E-state index is -0.640. The van der Waals surface area contributed by atoms with E-state index in [2.05, 4.69) is 21.2 Å². The van der Waals surface area contributed by atoms with Crippen LogP contribution in [0.1, 0.15) is 10.4 Å². The average Bonchev–Trinajstić information content (AvgIpc) is 2.60. The van der Waals surface area contributed by atoms with Crippen molar-refractivity contribution in [2.24, 2.45) is 0 Å². The molecule has 9 heteroatoms. The normalized spacial score (nSPS) is 10.0. The summed E-state index contributed by atoms with van der Waals surface area (Å²) in [5.74, 6) is -1.11. The summed E-state index contributed by atoms with van der Waals surface area (Å²) in [6.45, 7) is -0.505. The summed E-state index contributed by atoms with van der Waals surface area (Å²) >= 11 is 3.25. The standard InChI is InChI=1S/C16H13BrN2O6/c1-24-14-8-12(19(22)23)6-7-13(14)18-15(20)9-25-16(21)10-2-4-11(17)5-3-10/h2-8H,9H2,1H3,(H,18,20). The molecule has 0 unspecified atom stereocenters. The second kappa shape index (κ2) is 8.25. The van der Waals surface area contributed by atoms with Crippen molar-refractivity contribution in [3.8, 4) is 5.75 Å². The molecule has 1 N–H and O–H groups in total. The number of nitro groups is 1. The predicted octanol–water partition coefficient (Wildman–Crippen LogP) is 3.16. The molecular weight excluding hydrogens is 396 g/mol. The molecule has 0 atom stereocenters. The summed E-state index contributed by atoms with van der Waals surface area (Å²) in [6.07, 6.45) is 0. The minimum Gasteiger partial charge on any atom is -0.494 e. The molecule has 0 bridgehead atoms. The quantitative estimate of drug-likeness (QED) is 0.446. The molecule has 2 aromatic carbocycles. The monoisotopic (exact) mass is 408 g/mol. The first kappa shape index (κ1) is 18.4. The highest BCUT2D eigenvalue weighted by molar-refractivity contribution is 9.10. The van der Waals surface area contributed by atoms with Gasteiger partial charge in [-0.1, -0.05) is 15.9 Å². The lowest BCUT2D eigenvalue weighted by Gasteiger charge is -2.10. The number of carbonyl (C=O) groups is 2. The van der Waals surface area contributed by atoms with E-state index in [1.807, 2.05) is 0 Å². The van der Waals surface area contributed by atoms with E-state index in [1.54, 1.807) is 24.3 Å². The van der Waals surface area contributed by atoms with Crippen LogP contribution in [-0.4, -0.2) is 30.5 Å². The van der Waals surface area contributed by atoms with Crippen molar-refractivity contribution in [3.63, 3.8) is 0 Å². The number of anilines is 1. The number of hydrogen-bond acceptors (Lipinski definition) is 6. The molecule has 0 radical (unpaired) electrons. The van der Waals surface area contributed by atoms with E-state index in [4.69, 9.17) is 9.47 Å². The Hall–Kier alpha value is -2.94. The van der Waals surface area contributed by atoms with Crippen LogP contribution < -0.4 is 10.1 Å². The molecule has 0 aromatic heterocycles. The van der Waals surface area contributed by atoms with Crippen LogP contribution >= 0.6 is 15.9 Å². The first-order valence-corrected chi connectivity index (χ1v) is 7.75. The maximum Gasteiger partial charge on any atom is 0.338 e. The second-order valence-electron chi connectivity index (χ2n) is 4.77. The van der Waals surface area contributed by atoms with Crippen molar-refractivity contribution in [3.05, 3.63) is 62.6 Å². The Labute approximate surface area is 151 Å². The molecule has 0 aliphatic carbocycles.